The van der Waals surface area contributed by atoms with Crippen LogP contribution in [0.5, 0.6) is 0 Å². The van der Waals surface area contributed by atoms with Gasteiger partial charge < -0.3 is 10.2 Å². The van der Waals surface area contributed by atoms with Crippen LogP contribution < -0.4 is 5.73 Å². The van der Waals surface area contributed by atoms with Gasteiger partial charge in [0.05, 0.1) is 11.8 Å². The zero-order chi connectivity index (χ0) is 11.0. The zero-order valence-corrected chi connectivity index (χ0v) is 9.13. The van der Waals surface area contributed by atoms with Gasteiger partial charge >= 0.3 is 0 Å². The molecular weight excluding hydrogens is 178 g/mol. The average molecular weight is 195 g/mol. The van der Waals surface area contributed by atoms with Crippen LogP contribution in [0.2, 0.25) is 0 Å². The van der Waals surface area contributed by atoms with E-state index in [1.807, 2.05) is 27.7 Å². The van der Waals surface area contributed by atoms with Crippen molar-refractivity contribution in [1.82, 2.24) is 0 Å². The fraction of sp³-hybridized carbons (Fsp3) is 0.545. The van der Waals surface area contributed by atoms with Crippen LogP contribution in [0.4, 0.5) is 0 Å². The van der Waals surface area contributed by atoms with E-state index in [1.165, 1.54) is 12.5 Å². The Bertz CT molecular complexity index is 318. The predicted molar refractivity (Wildman–Crippen MR) is 55.1 cm³/mol. The average Bonchev–Trinajstić information content (AvgIpc) is 2.52. The van der Waals surface area contributed by atoms with Crippen LogP contribution in [0.25, 0.3) is 0 Å². The highest BCUT2D eigenvalue weighted by Gasteiger charge is 2.40. The second-order valence-electron chi connectivity index (χ2n) is 4.69. The second kappa shape index (κ2) is 3.24. The summed E-state index contributed by atoms with van der Waals surface area (Å²) in [7, 11) is 0. The fourth-order valence-electron chi connectivity index (χ4n) is 1.05. The van der Waals surface area contributed by atoms with E-state index in [-0.39, 0.29) is 5.78 Å². The largest absolute Gasteiger partial charge is 0.472 e. The molecule has 3 nitrogen and oxygen atoms in total. The summed E-state index contributed by atoms with van der Waals surface area (Å²) < 4.78 is 4.88. The van der Waals surface area contributed by atoms with E-state index in [9.17, 15) is 4.79 Å². The number of furan rings is 1. The SMILES string of the molecule is CC(C)(N)C(C)(C)C(=O)c1ccoc1. The summed E-state index contributed by atoms with van der Waals surface area (Å²) in [6.07, 6.45) is 2.95. The van der Waals surface area contributed by atoms with Gasteiger partial charge in [0.15, 0.2) is 5.78 Å². The van der Waals surface area contributed by atoms with Gasteiger partial charge in [0, 0.05) is 11.0 Å². The van der Waals surface area contributed by atoms with Crippen molar-refractivity contribution >= 4 is 5.78 Å². The number of ketones is 1. The Labute approximate surface area is 84.3 Å². The number of nitrogens with two attached hydrogens (primary N) is 1. The highest BCUT2D eigenvalue weighted by molar-refractivity contribution is 6.00. The lowest BCUT2D eigenvalue weighted by Gasteiger charge is -2.36. The van der Waals surface area contributed by atoms with E-state index in [4.69, 9.17) is 10.2 Å². The first-order valence-corrected chi connectivity index (χ1v) is 4.62. The zero-order valence-electron chi connectivity index (χ0n) is 9.13. The molecule has 0 atom stereocenters. The molecule has 0 aliphatic rings. The molecule has 1 rings (SSSR count). The lowest BCUT2D eigenvalue weighted by atomic mass is 9.71. The quantitative estimate of drug-likeness (QED) is 0.752. The maximum Gasteiger partial charge on any atom is 0.173 e. The first-order chi connectivity index (χ1) is 6.27. The van der Waals surface area contributed by atoms with Gasteiger partial charge in [0.25, 0.3) is 0 Å². The highest BCUT2D eigenvalue weighted by Crippen LogP contribution is 2.32. The molecule has 0 bridgehead atoms. The van der Waals surface area contributed by atoms with Crippen molar-refractivity contribution in [2.24, 2.45) is 11.1 Å². The third kappa shape index (κ3) is 1.73. The van der Waals surface area contributed by atoms with Gasteiger partial charge in [-0.2, -0.15) is 0 Å². The van der Waals surface area contributed by atoms with Crippen molar-refractivity contribution in [1.29, 1.82) is 0 Å². The number of hydrogen-bond acceptors (Lipinski definition) is 3. The van der Waals surface area contributed by atoms with Crippen molar-refractivity contribution in [2.75, 3.05) is 0 Å². The minimum Gasteiger partial charge on any atom is -0.472 e. The summed E-state index contributed by atoms with van der Waals surface area (Å²) in [5.74, 6) is 0.0127. The molecule has 0 amide bonds. The van der Waals surface area contributed by atoms with Gasteiger partial charge in [-0.1, -0.05) is 13.8 Å². The Balaban J connectivity index is 3.01. The summed E-state index contributed by atoms with van der Waals surface area (Å²) in [6.45, 7) is 7.40. The van der Waals surface area contributed by atoms with Crippen molar-refractivity contribution in [3.8, 4) is 0 Å². The van der Waals surface area contributed by atoms with Crippen LogP contribution in [-0.2, 0) is 0 Å². The molecule has 1 aromatic rings. The molecule has 78 valence electrons. The van der Waals surface area contributed by atoms with Gasteiger partial charge in [-0.25, -0.2) is 0 Å². The number of carbonyl (C=O) groups excluding carboxylic acids is 1. The molecule has 0 unspecified atom stereocenters. The Kier molecular flexibility index (Phi) is 2.54. The van der Waals surface area contributed by atoms with E-state index in [0.717, 1.165) is 0 Å². The van der Waals surface area contributed by atoms with Crippen LogP contribution in [0, 0.1) is 5.41 Å². The Morgan fingerprint density at radius 3 is 2.29 bits per heavy atom. The maximum atomic E-state index is 12.0. The predicted octanol–water partition coefficient (Wildman–Crippen LogP) is 2.23. The Morgan fingerprint density at radius 2 is 1.93 bits per heavy atom. The monoisotopic (exact) mass is 195 g/mol. The van der Waals surface area contributed by atoms with E-state index in [2.05, 4.69) is 0 Å². The minimum atomic E-state index is -0.600. The molecule has 14 heavy (non-hydrogen) atoms. The van der Waals surface area contributed by atoms with Gasteiger partial charge in [-0.15, -0.1) is 0 Å². The number of Topliss-reactive ketones (excluding diaryl/α,β-unsaturated/α-hetero) is 1. The van der Waals surface area contributed by atoms with Crippen LogP contribution in [0.15, 0.2) is 23.0 Å². The van der Waals surface area contributed by atoms with Gasteiger partial charge in [0.2, 0.25) is 0 Å². The van der Waals surface area contributed by atoms with Crippen LogP contribution in [0.1, 0.15) is 38.1 Å². The fourth-order valence-corrected chi connectivity index (χ4v) is 1.05. The smallest absolute Gasteiger partial charge is 0.173 e. The third-order valence-corrected chi connectivity index (χ3v) is 2.96. The second-order valence-corrected chi connectivity index (χ2v) is 4.69. The van der Waals surface area contributed by atoms with Crippen LogP contribution >= 0.6 is 0 Å². The molecule has 1 aromatic heterocycles. The Morgan fingerprint density at radius 1 is 1.36 bits per heavy atom. The van der Waals surface area contributed by atoms with Crippen molar-refractivity contribution in [2.45, 2.75) is 33.2 Å². The molecule has 2 N–H and O–H groups in total. The first-order valence-electron chi connectivity index (χ1n) is 4.62. The summed E-state index contributed by atoms with van der Waals surface area (Å²) in [5, 5.41) is 0. The molecule has 1 heterocycles. The Hall–Kier alpha value is -1.09. The lowest BCUT2D eigenvalue weighted by Crippen LogP contribution is -2.51. The standard InChI is InChI=1S/C11H17NO2/c1-10(2,11(3,4)12)9(13)8-5-6-14-7-8/h5-7H,12H2,1-4H3. The molecule has 0 aliphatic heterocycles. The third-order valence-electron chi connectivity index (χ3n) is 2.96. The molecule has 3 heteroatoms. The summed E-state index contributed by atoms with van der Waals surface area (Å²) in [6, 6.07) is 1.66. The molecule has 0 aromatic carbocycles. The van der Waals surface area contributed by atoms with E-state index in [1.54, 1.807) is 6.07 Å². The number of carbonyl (C=O) groups is 1. The minimum absolute atomic E-state index is 0.0127. The molecule has 0 spiro atoms. The van der Waals surface area contributed by atoms with E-state index < -0.39 is 11.0 Å². The summed E-state index contributed by atoms with van der Waals surface area (Å²) >= 11 is 0. The first kappa shape index (κ1) is 11.0. The molecule has 0 fully saturated rings. The number of rotatable bonds is 3. The lowest BCUT2D eigenvalue weighted by molar-refractivity contribution is 0.0734. The van der Waals surface area contributed by atoms with Crippen molar-refractivity contribution in [3.05, 3.63) is 24.2 Å². The van der Waals surface area contributed by atoms with Crippen molar-refractivity contribution < 1.29 is 9.21 Å². The number of hydrogen-bond donors (Lipinski definition) is 1. The molecular formula is C11H17NO2. The molecule has 0 radical (unpaired) electrons. The van der Waals surface area contributed by atoms with Crippen LogP contribution in [-0.4, -0.2) is 11.3 Å². The van der Waals surface area contributed by atoms with E-state index >= 15 is 0 Å². The van der Waals surface area contributed by atoms with Gasteiger partial charge in [-0.3, -0.25) is 4.79 Å². The molecule has 0 aliphatic carbocycles. The molecule has 0 saturated heterocycles. The summed E-state index contributed by atoms with van der Waals surface area (Å²) in [5.41, 5.74) is 5.39. The highest BCUT2D eigenvalue weighted by atomic mass is 16.3. The summed E-state index contributed by atoms with van der Waals surface area (Å²) in [4.78, 5) is 12.0. The van der Waals surface area contributed by atoms with Crippen LogP contribution in [0.3, 0.4) is 0 Å². The van der Waals surface area contributed by atoms with Crippen molar-refractivity contribution in [3.63, 3.8) is 0 Å². The topological polar surface area (TPSA) is 56.2 Å². The van der Waals surface area contributed by atoms with Gasteiger partial charge in [-0.05, 0) is 19.9 Å². The maximum absolute atomic E-state index is 12.0. The van der Waals surface area contributed by atoms with E-state index in [0.29, 0.717) is 5.56 Å². The molecule has 0 saturated carbocycles. The van der Waals surface area contributed by atoms with Gasteiger partial charge in [0.1, 0.15) is 6.26 Å². The normalized spacial score (nSPS) is 12.9.